The molecule has 0 radical (unpaired) electrons. The largest absolute Gasteiger partial charge is 0.370 e. The van der Waals surface area contributed by atoms with Gasteiger partial charge in [-0.1, -0.05) is 48.5 Å². The highest BCUT2D eigenvalue weighted by atomic mass is 16.1. The van der Waals surface area contributed by atoms with Gasteiger partial charge in [-0.15, -0.1) is 0 Å². The first-order chi connectivity index (χ1) is 12.7. The number of hydrogen-bond donors (Lipinski definition) is 2. The van der Waals surface area contributed by atoms with Crippen LogP contribution in [0, 0.1) is 6.92 Å². The molecule has 3 rings (SSSR count). The van der Waals surface area contributed by atoms with Crippen molar-refractivity contribution >= 4 is 17.4 Å². The third-order valence-electron chi connectivity index (χ3n) is 4.21. The van der Waals surface area contributed by atoms with E-state index in [4.69, 9.17) is 0 Å². The van der Waals surface area contributed by atoms with Gasteiger partial charge in [-0.05, 0) is 49.1 Å². The molecule has 0 unspecified atom stereocenters. The highest BCUT2D eigenvalue weighted by Gasteiger charge is 2.08. The van der Waals surface area contributed by atoms with Gasteiger partial charge in [-0.3, -0.25) is 4.79 Å². The predicted molar refractivity (Wildman–Crippen MR) is 107 cm³/mol. The minimum absolute atomic E-state index is 0.151. The molecule has 26 heavy (non-hydrogen) atoms. The third kappa shape index (κ3) is 4.93. The van der Waals surface area contributed by atoms with Gasteiger partial charge in [0.1, 0.15) is 5.82 Å². The number of rotatable bonds is 7. The summed E-state index contributed by atoms with van der Waals surface area (Å²) in [6, 6.07) is 21.8. The molecule has 132 valence electrons. The van der Waals surface area contributed by atoms with Crippen LogP contribution in [-0.2, 0) is 6.42 Å². The number of amides is 1. The Hall–Kier alpha value is -3.14. The lowest BCUT2D eigenvalue weighted by molar-refractivity contribution is 0.102. The van der Waals surface area contributed by atoms with Gasteiger partial charge >= 0.3 is 0 Å². The van der Waals surface area contributed by atoms with Crippen LogP contribution in [0.3, 0.4) is 0 Å². The number of aromatic nitrogens is 1. The van der Waals surface area contributed by atoms with E-state index in [1.54, 1.807) is 12.3 Å². The van der Waals surface area contributed by atoms with Crippen LogP contribution in [0.2, 0.25) is 0 Å². The molecule has 1 aromatic heterocycles. The van der Waals surface area contributed by atoms with Crippen LogP contribution in [0.1, 0.15) is 27.9 Å². The fourth-order valence-corrected chi connectivity index (χ4v) is 2.69. The Balaban J connectivity index is 1.48. The van der Waals surface area contributed by atoms with Gasteiger partial charge in [-0.2, -0.15) is 0 Å². The number of benzene rings is 2. The molecular formula is C22H23N3O. The number of carbonyl (C=O) groups is 1. The minimum atomic E-state index is -0.151. The highest BCUT2D eigenvalue weighted by Crippen LogP contribution is 2.15. The summed E-state index contributed by atoms with van der Waals surface area (Å²) in [5.41, 5.74) is 3.74. The summed E-state index contributed by atoms with van der Waals surface area (Å²) in [5.74, 6) is 0.632. The second kappa shape index (κ2) is 8.81. The lowest BCUT2D eigenvalue weighted by Crippen LogP contribution is -2.13. The van der Waals surface area contributed by atoms with Crippen LogP contribution in [0.5, 0.6) is 0 Å². The van der Waals surface area contributed by atoms with Crippen molar-refractivity contribution in [2.75, 3.05) is 17.2 Å². The topological polar surface area (TPSA) is 54.0 Å². The van der Waals surface area contributed by atoms with Gasteiger partial charge in [0.15, 0.2) is 0 Å². The van der Waals surface area contributed by atoms with Crippen molar-refractivity contribution in [3.63, 3.8) is 0 Å². The summed E-state index contributed by atoms with van der Waals surface area (Å²) in [5, 5.41) is 6.21. The summed E-state index contributed by atoms with van der Waals surface area (Å²) in [7, 11) is 0. The van der Waals surface area contributed by atoms with E-state index >= 15 is 0 Å². The molecule has 0 fully saturated rings. The second-order valence-corrected chi connectivity index (χ2v) is 6.22. The monoisotopic (exact) mass is 345 g/mol. The van der Waals surface area contributed by atoms with Gasteiger partial charge in [0, 0.05) is 18.4 Å². The number of para-hydroxylation sites is 1. The number of nitrogens with one attached hydrogen (secondary N) is 2. The van der Waals surface area contributed by atoms with E-state index in [-0.39, 0.29) is 5.91 Å². The number of nitrogens with zero attached hydrogens (tertiary/aromatic N) is 1. The normalized spacial score (nSPS) is 10.3. The molecular weight excluding hydrogens is 322 g/mol. The van der Waals surface area contributed by atoms with Crippen molar-refractivity contribution in [3.05, 3.63) is 89.6 Å². The first-order valence-corrected chi connectivity index (χ1v) is 8.83. The number of aryl methyl sites for hydroxylation is 2. The Morgan fingerprint density at radius 1 is 0.962 bits per heavy atom. The van der Waals surface area contributed by atoms with E-state index in [0.717, 1.165) is 36.5 Å². The van der Waals surface area contributed by atoms with Gasteiger partial charge < -0.3 is 10.6 Å². The highest BCUT2D eigenvalue weighted by molar-refractivity contribution is 6.04. The number of pyridine rings is 1. The predicted octanol–water partition coefficient (Wildman–Crippen LogP) is 4.69. The fourth-order valence-electron chi connectivity index (χ4n) is 2.69. The molecule has 0 atom stereocenters. The van der Waals surface area contributed by atoms with Gasteiger partial charge in [0.25, 0.3) is 5.91 Å². The number of anilines is 2. The van der Waals surface area contributed by atoms with Crippen molar-refractivity contribution in [2.24, 2.45) is 0 Å². The van der Waals surface area contributed by atoms with Gasteiger partial charge in [-0.25, -0.2) is 4.98 Å². The van der Waals surface area contributed by atoms with E-state index in [2.05, 4.69) is 39.9 Å². The van der Waals surface area contributed by atoms with Crippen LogP contribution in [0.25, 0.3) is 0 Å². The Morgan fingerprint density at radius 2 is 1.73 bits per heavy atom. The van der Waals surface area contributed by atoms with E-state index in [9.17, 15) is 4.79 Å². The van der Waals surface area contributed by atoms with Crippen LogP contribution >= 0.6 is 0 Å². The number of hydrogen-bond acceptors (Lipinski definition) is 3. The first-order valence-electron chi connectivity index (χ1n) is 8.83. The summed E-state index contributed by atoms with van der Waals surface area (Å²) in [6.07, 6.45) is 3.67. The van der Waals surface area contributed by atoms with E-state index in [1.807, 2.05) is 43.3 Å². The zero-order valence-corrected chi connectivity index (χ0v) is 14.9. The quantitative estimate of drug-likeness (QED) is 0.611. The molecule has 2 aromatic carbocycles. The van der Waals surface area contributed by atoms with Crippen molar-refractivity contribution in [1.29, 1.82) is 0 Å². The molecule has 3 aromatic rings. The molecule has 4 heteroatoms. The summed E-state index contributed by atoms with van der Waals surface area (Å²) in [4.78, 5) is 16.7. The fraction of sp³-hybridized carbons (Fsp3) is 0.182. The molecule has 0 bridgehead atoms. The lowest BCUT2D eigenvalue weighted by atomic mass is 10.1. The molecule has 0 aliphatic heterocycles. The smallest absolute Gasteiger partial charge is 0.257 e. The van der Waals surface area contributed by atoms with Gasteiger partial charge in [0.2, 0.25) is 0 Å². The van der Waals surface area contributed by atoms with Crippen molar-refractivity contribution in [3.8, 4) is 0 Å². The second-order valence-electron chi connectivity index (χ2n) is 6.22. The third-order valence-corrected chi connectivity index (χ3v) is 4.21. The Morgan fingerprint density at radius 3 is 2.46 bits per heavy atom. The van der Waals surface area contributed by atoms with Crippen LogP contribution in [0.15, 0.2) is 72.9 Å². The molecule has 2 N–H and O–H groups in total. The Kier molecular flexibility index (Phi) is 5.99. The maximum Gasteiger partial charge on any atom is 0.257 e. The van der Waals surface area contributed by atoms with Crippen LogP contribution in [-0.4, -0.2) is 17.4 Å². The average Bonchev–Trinajstić information content (AvgIpc) is 2.68. The Labute approximate surface area is 154 Å². The lowest BCUT2D eigenvalue weighted by Gasteiger charge is -2.09. The molecule has 0 spiro atoms. The van der Waals surface area contributed by atoms with E-state index in [0.29, 0.717) is 5.56 Å². The molecule has 0 aliphatic rings. The zero-order chi connectivity index (χ0) is 18.2. The molecule has 0 aliphatic carbocycles. The SMILES string of the molecule is Cc1ccccc1NC(=O)c1ccc(NCCCc2ccccc2)nc1. The van der Waals surface area contributed by atoms with Gasteiger partial charge in [0.05, 0.1) is 5.56 Å². The average molecular weight is 345 g/mol. The molecule has 0 saturated carbocycles. The molecule has 1 heterocycles. The maximum absolute atomic E-state index is 12.3. The standard InChI is InChI=1S/C22H23N3O/c1-17-8-5-6-12-20(17)25-22(26)19-13-14-21(24-16-19)23-15-7-11-18-9-3-2-4-10-18/h2-6,8-10,12-14,16H,7,11,15H2,1H3,(H,23,24)(H,25,26). The summed E-state index contributed by atoms with van der Waals surface area (Å²) >= 11 is 0. The maximum atomic E-state index is 12.3. The Bertz CT molecular complexity index is 845. The molecule has 0 saturated heterocycles. The summed E-state index contributed by atoms with van der Waals surface area (Å²) < 4.78 is 0. The molecule has 4 nitrogen and oxygen atoms in total. The van der Waals surface area contributed by atoms with Crippen LogP contribution in [0.4, 0.5) is 11.5 Å². The molecule has 1 amide bonds. The van der Waals surface area contributed by atoms with Crippen molar-refractivity contribution < 1.29 is 4.79 Å². The first kappa shape index (κ1) is 17.7. The summed E-state index contributed by atoms with van der Waals surface area (Å²) in [6.45, 7) is 2.81. The van der Waals surface area contributed by atoms with Crippen molar-refractivity contribution in [1.82, 2.24) is 4.98 Å². The van der Waals surface area contributed by atoms with Crippen LogP contribution < -0.4 is 10.6 Å². The van der Waals surface area contributed by atoms with E-state index < -0.39 is 0 Å². The van der Waals surface area contributed by atoms with Crippen molar-refractivity contribution in [2.45, 2.75) is 19.8 Å². The number of carbonyl (C=O) groups excluding carboxylic acids is 1. The van der Waals surface area contributed by atoms with E-state index in [1.165, 1.54) is 5.56 Å². The minimum Gasteiger partial charge on any atom is -0.370 e. The zero-order valence-electron chi connectivity index (χ0n) is 14.9.